The summed E-state index contributed by atoms with van der Waals surface area (Å²) in [4.78, 5) is 0. The maximum absolute atomic E-state index is 6.45. The molecule has 1 aliphatic rings. The van der Waals surface area contributed by atoms with Crippen molar-refractivity contribution in [3.05, 3.63) is 91.0 Å². The highest BCUT2D eigenvalue weighted by Gasteiger charge is 2.52. The number of rotatable bonds is 3. The van der Waals surface area contributed by atoms with Crippen LogP contribution in [0, 0.1) is 0 Å². The Hall–Kier alpha value is -2.92. The molecule has 168 valence electrons. The SMILES string of the molecule is CC1(C)OB(c2cccc3c2sc2c(-c4ccccc4)cc(-c4ccccc4)cc23)OC1(C)C. The van der Waals surface area contributed by atoms with Gasteiger partial charge in [0.15, 0.2) is 0 Å². The fourth-order valence-electron chi connectivity index (χ4n) is 4.71. The zero-order valence-corrected chi connectivity index (χ0v) is 20.8. The molecule has 2 nitrogen and oxygen atoms in total. The van der Waals surface area contributed by atoms with Crippen LogP contribution >= 0.6 is 11.3 Å². The fraction of sp³-hybridized carbons (Fsp3) is 0.200. The number of thiophene rings is 1. The van der Waals surface area contributed by atoms with Crippen molar-refractivity contribution in [3.8, 4) is 22.3 Å². The van der Waals surface area contributed by atoms with Crippen LogP contribution in [0.4, 0.5) is 0 Å². The average molecular weight is 462 g/mol. The maximum Gasteiger partial charge on any atom is 0.496 e. The summed E-state index contributed by atoms with van der Waals surface area (Å²) in [6.45, 7) is 8.44. The van der Waals surface area contributed by atoms with Crippen molar-refractivity contribution >= 4 is 44.1 Å². The molecule has 6 rings (SSSR count). The van der Waals surface area contributed by atoms with Gasteiger partial charge in [-0.1, -0.05) is 78.9 Å². The minimum absolute atomic E-state index is 0.369. The van der Waals surface area contributed by atoms with E-state index in [2.05, 4.69) is 119 Å². The zero-order chi connectivity index (χ0) is 23.5. The van der Waals surface area contributed by atoms with Gasteiger partial charge in [-0.3, -0.25) is 0 Å². The average Bonchev–Trinajstić information content (AvgIpc) is 3.32. The molecule has 1 aliphatic heterocycles. The molecule has 4 aromatic carbocycles. The van der Waals surface area contributed by atoms with E-state index < -0.39 is 0 Å². The highest BCUT2D eigenvalue weighted by molar-refractivity contribution is 7.27. The van der Waals surface area contributed by atoms with E-state index in [1.165, 1.54) is 42.4 Å². The Kier molecular flexibility index (Phi) is 4.96. The Morgan fingerprint density at radius 1 is 0.588 bits per heavy atom. The molecule has 0 spiro atoms. The van der Waals surface area contributed by atoms with E-state index in [1.54, 1.807) is 0 Å². The molecule has 0 aliphatic carbocycles. The van der Waals surface area contributed by atoms with E-state index in [0.29, 0.717) is 0 Å². The van der Waals surface area contributed by atoms with Gasteiger partial charge in [0.1, 0.15) is 0 Å². The van der Waals surface area contributed by atoms with Gasteiger partial charge < -0.3 is 9.31 Å². The van der Waals surface area contributed by atoms with E-state index in [9.17, 15) is 0 Å². The second kappa shape index (κ2) is 7.81. The number of hydrogen-bond acceptors (Lipinski definition) is 3. The van der Waals surface area contributed by atoms with Gasteiger partial charge in [-0.05, 0) is 56.5 Å². The van der Waals surface area contributed by atoms with E-state index in [4.69, 9.17) is 9.31 Å². The van der Waals surface area contributed by atoms with Crippen LogP contribution in [-0.4, -0.2) is 18.3 Å². The van der Waals surface area contributed by atoms with Gasteiger partial charge in [-0.2, -0.15) is 0 Å². The van der Waals surface area contributed by atoms with Crippen LogP contribution < -0.4 is 5.46 Å². The third-order valence-corrected chi connectivity index (χ3v) is 8.63. The predicted octanol–water partition coefficient (Wildman–Crippen LogP) is 7.69. The van der Waals surface area contributed by atoms with Crippen LogP contribution in [0.3, 0.4) is 0 Å². The molecule has 0 saturated carbocycles. The summed E-state index contributed by atoms with van der Waals surface area (Å²) >= 11 is 1.84. The van der Waals surface area contributed by atoms with E-state index in [1.807, 2.05) is 11.3 Å². The summed E-state index contributed by atoms with van der Waals surface area (Å²) in [5, 5.41) is 2.53. The fourth-order valence-corrected chi connectivity index (χ4v) is 6.05. The van der Waals surface area contributed by atoms with Crippen molar-refractivity contribution in [2.45, 2.75) is 38.9 Å². The number of benzene rings is 4. The third kappa shape index (κ3) is 3.40. The molecule has 1 fully saturated rings. The van der Waals surface area contributed by atoms with Crippen LogP contribution in [0.2, 0.25) is 0 Å². The van der Waals surface area contributed by atoms with Gasteiger partial charge in [-0.25, -0.2) is 0 Å². The van der Waals surface area contributed by atoms with E-state index >= 15 is 0 Å². The van der Waals surface area contributed by atoms with Crippen molar-refractivity contribution in [3.63, 3.8) is 0 Å². The van der Waals surface area contributed by atoms with Gasteiger partial charge in [0.25, 0.3) is 0 Å². The molecule has 2 heterocycles. The maximum atomic E-state index is 6.45. The van der Waals surface area contributed by atoms with Gasteiger partial charge >= 0.3 is 7.12 Å². The molecule has 0 bridgehead atoms. The predicted molar refractivity (Wildman–Crippen MR) is 146 cm³/mol. The van der Waals surface area contributed by atoms with Crippen LogP contribution in [-0.2, 0) is 9.31 Å². The first-order valence-corrected chi connectivity index (χ1v) is 12.6. The summed E-state index contributed by atoms with van der Waals surface area (Å²) in [6.07, 6.45) is 0. The molecule has 4 heteroatoms. The molecular weight excluding hydrogens is 435 g/mol. The molecular formula is C30H27BO2S. The third-order valence-electron chi connectivity index (χ3n) is 7.33. The van der Waals surface area contributed by atoms with Crippen LogP contribution in [0.1, 0.15) is 27.7 Å². The van der Waals surface area contributed by atoms with Crippen molar-refractivity contribution in [2.75, 3.05) is 0 Å². The highest BCUT2D eigenvalue weighted by atomic mass is 32.1. The second-order valence-corrected chi connectivity index (χ2v) is 11.1. The summed E-state index contributed by atoms with van der Waals surface area (Å²) < 4.78 is 15.4. The molecule has 0 atom stereocenters. The lowest BCUT2D eigenvalue weighted by Gasteiger charge is -2.32. The molecule has 0 unspecified atom stereocenters. The number of hydrogen-bond donors (Lipinski definition) is 0. The normalized spacial score (nSPS) is 17.0. The van der Waals surface area contributed by atoms with E-state index in [-0.39, 0.29) is 18.3 Å². The first-order chi connectivity index (χ1) is 16.3. The van der Waals surface area contributed by atoms with Gasteiger partial charge in [-0.15, -0.1) is 11.3 Å². The minimum atomic E-state index is -0.379. The molecule has 0 amide bonds. The molecule has 1 saturated heterocycles. The Balaban J connectivity index is 1.62. The Morgan fingerprint density at radius 3 is 1.85 bits per heavy atom. The molecule has 0 N–H and O–H groups in total. The summed E-state index contributed by atoms with van der Waals surface area (Å²) in [5.41, 5.74) is 5.32. The topological polar surface area (TPSA) is 18.5 Å². The lowest BCUT2D eigenvalue weighted by molar-refractivity contribution is 0.00578. The minimum Gasteiger partial charge on any atom is -0.399 e. The summed E-state index contributed by atoms with van der Waals surface area (Å²) in [5.74, 6) is 0. The van der Waals surface area contributed by atoms with Crippen LogP contribution in [0.5, 0.6) is 0 Å². The quantitative estimate of drug-likeness (QED) is 0.256. The Labute approximate surface area is 205 Å². The lowest BCUT2D eigenvalue weighted by atomic mass is 9.78. The van der Waals surface area contributed by atoms with Crippen molar-refractivity contribution in [2.24, 2.45) is 0 Å². The second-order valence-electron chi connectivity index (χ2n) is 10.0. The van der Waals surface area contributed by atoms with Crippen LogP contribution in [0.15, 0.2) is 91.0 Å². The Bertz CT molecular complexity index is 1490. The standard InChI is InChI=1S/C30H27BO2S/c1-29(2)30(3,4)33-31(32-29)26-17-11-16-23-25-19-22(20-12-7-5-8-13-20)18-24(27(25)34-28(23)26)21-14-9-6-10-15-21/h5-19H,1-4H3. The van der Waals surface area contributed by atoms with E-state index in [0.717, 1.165) is 5.46 Å². The molecule has 34 heavy (non-hydrogen) atoms. The van der Waals surface area contributed by atoms with Gasteiger partial charge in [0.2, 0.25) is 0 Å². The van der Waals surface area contributed by atoms with Crippen molar-refractivity contribution in [1.82, 2.24) is 0 Å². The molecule has 0 radical (unpaired) electrons. The van der Waals surface area contributed by atoms with Crippen molar-refractivity contribution in [1.29, 1.82) is 0 Å². The summed E-state index contributed by atoms with van der Waals surface area (Å²) in [6, 6.07) is 32.5. The highest BCUT2D eigenvalue weighted by Crippen LogP contribution is 2.43. The van der Waals surface area contributed by atoms with Gasteiger partial charge in [0, 0.05) is 31.2 Å². The first kappa shape index (κ1) is 21.6. The van der Waals surface area contributed by atoms with Crippen LogP contribution in [0.25, 0.3) is 42.4 Å². The zero-order valence-electron chi connectivity index (χ0n) is 20.0. The first-order valence-electron chi connectivity index (χ1n) is 11.8. The monoisotopic (exact) mass is 462 g/mol. The molecule has 1 aromatic heterocycles. The van der Waals surface area contributed by atoms with Gasteiger partial charge in [0.05, 0.1) is 11.2 Å². The summed E-state index contributed by atoms with van der Waals surface area (Å²) in [7, 11) is -0.379. The Morgan fingerprint density at radius 2 is 1.21 bits per heavy atom. The molecule has 5 aromatic rings. The largest absolute Gasteiger partial charge is 0.496 e. The number of fused-ring (bicyclic) bond motifs is 3. The smallest absolute Gasteiger partial charge is 0.399 e. The van der Waals surface area contributed by atoms with Crippen molar-refractivity contribution < 1.29 is 9.31 Å². The lowest BCUT2D eigenvalue weighted by Crippen LogP contribution is -2.41.